The molecule has 26 heavy (non-hydrogen) atoms. The van der Waals surface area contributed by atoms with Gasteiger partial charge < -0.3 is 9.63 Å². The molecule has 1 aliphatic rings. The minimum Gasteiger partial charge on any atom is -0.388 e. The minimum absolute atomic E-state index is 0.408. The Morgan fingerprint density at radius 3 is 2.88 bits per heavy atom. The summed E-state index contributed by atoms with van der Waals surface area (Å²) in [6.45, 7) is 6.20. The molecule has 1 aliphatic heterocycles. The van der Waals surface area contributed by atoms with Crippen molar-refractivity contribution in [2.45, 2.75) is 45.3 Å². The number of β-amino-alcohol motifs (C(OH)–C–C–N with tert-alkyl or cyclic N) is 1. The number of nitrogens with zero attached hydrogens (tertiary/aromatic N) is 4. The number of aliphatic hydroxyl groups is 1. The van der Waals surface area contributed by atoms with Crippen molar-refractivity contribution < 1.29 is 9.63 Å². The molecule has 1 N–H and O–H groups in total. The highest BCUT2D eigenvalue weighted by molar-refractivity contribution is 5.79. The number of piperidine rings is 1. The van der Waals surface area contributed by atoms with Crippen molar-refractivity contribution in [2.75, 3.05) is 13.1 Å². The largest absolute Gasteiger partial charge is 0.388 e. The molecular weight excluding hydrogens is 328 g/mol. The fraction of sp³-hybridized carbons (Fsp3) is 0.450. The van der Waals surface area contributed by atoms with Crippen molar-refractivity contribution in [1.82, 2.24) is 20.0 Å². The summed E-state index contributed by atoms with van der Waals surface area (Å²) in [6, 6.07) is 10.6. The van der Waals surface area contributed by atoms with E-state index in [0.717, 1.165) is 42.5 Å². The number of aryl methyl sites for hydroxylation is 2. The van der Waals surface area contributed by atoms with Gasteiger partial charge in [0.05, 0.1) is 17.5 Å². The lowest BCUT2D eigenvalue weighted by Gasteiger charge is -2.38. The number of hydrogen-bond acceptors (Lipinski definition) is 6. The fourth-order valence-corrected chi connectivity index (χ4v) is 3.81. The molecule has 3 heterocycles. The van der Waals surface area contributed by atoms with E-state index >= 15 is 0 Å². The second kappa shape index (κ2) is 6.78. The zero-order valence-electron chi connectivity index (χ0n) is 15.3. The van der Waals surface area contributed by atoms with Crippen LogP contribution in [0.25, 0.3) is 10.9 Å². The molecule has 136 valence electrons. The third kappa shape index (κ3) is 3.76. The monoisotopic (exact) mass is 352 g/mol. The molecule has 6 heteroatoms. The molecule has 6 nitrogen and oxygen atoms in total. The van der Waals surface area contributed by atoms with Crippen molar-refractivity contribution in [2.24, 2.45) is 0 Å². The molecule has 0 amide bonds. The molecule has 1 unspecified atom stereocenters. The van der Waals surface area contributed by atoms with E-state index in [2.05, 4.69) is 44.3 Å². The third-order valence-corrected chi connectivity index (χ3v) is 4.98. The molecule has 0 saturated carbocycles. The van der Waals surface area contributed by atoms with Crippen molar-refractivity contribution in [3.8, 4) is 0 Å². The second-order valence-electron chi connectivity index (χ2n) is 7.43. The van der Waals surface area contributed by atoms with E-state index in [1.165, 1.54) is 5.56 Å². The summed E-state index contributed by atoms with van der Waals surface area (Å²) in [5.41, 5.74) is 2.48. The van der Waals surface area contributed by atoms with Gasteiger partial charge in [-0.1, -0.05) is 17.3 Å². The highest BCUT2D eigenvalue weighted by Crippen LogP contribution is 2.26. The molecule has 2 aromatic heterocycles. The normalized spacial score (nSPS) is 21.3. The zero-order valence-corrected chi connectivity index (χ0v) is 15.3. The standard InChI is InChI=1S/C20H24N4O2/c1-14-4-6-17-10-16(5-7-18(17)21-14)12-24-9-3-8-20(25,13-24)11-19-22-15(2)23-26-19/h4-7,10,25H,3,8-9,11-13H2,1-2H3. The Bertz CT molecular complexity index is 923. The third-order valence-electron chi connectivity index (χ3n) is 4.98. The van der Waals surface area contributed by atoms with Crippen molar-refractivity contribution in [3.05, 3.63) is 53.3 Å². The number of benzene rings is 1. The van der Waals surface area contributed by atoms with Gasteiger partial charge in [0, 0.05) is 24.2 Å². The summed E-state index contributed by atoms with van der Waals surface area (Å²) in [4.78, 5) is 11.1. The van der Waals surface area contributed by atoms with E-state index in [4.69, 9.17) is 4.52 Å². The lowest BCUT2D eigenvalue weighted by molar-refractivity contribution is -0.0373. The maximum atomic E-state index is 11.0. The Morgan fingerprint density at radius 1 is 1.19 bits per heavy atom. The molecule has 1 aromatic carbocycles. The average molecular weight is 352 g/mol. The van der Waals surface area contributed by atoms with Crippen molar-refractivity contribution in [1.29, 1.82) is 0 Å². The minimum atomic E-state index is -0.813. The lowest BCUT2D eigenvalue weighted by Crippen LogP contribution is -2.49. The molecule has 0 radical (unpaired) electrons. The second-order valence-corrected chi connectivity index (χ2v) is 7.43. The van der Waals surface area contributed by atoms with Crippen LogP contribution in [0, 0.1) is 13.8 Å². The van der Waals surface area contributed by atoms with E-state index < -0.39 is 5.60 Å². The molecule has 0 spiro atoms. The van der Waals surface area contributed by atoms with Gasteiger partial charge in [0.1, 0.15) is 0 Å². The smallest absolute Gasteiger partial charge is 0.229 e. The van der Waals surface area contributed by atoms with E-state index in [0.29, 0.717) is 24.7 Å². The summed E-state index contributed by atoms with van der Waals surface area (Å²) in [7, 11) is 0. The molecule has 1 saturated heterocycles. The van der Waals surface area contributed by atoms with Crippen LogP contribution in [0.5, 0.6) is 0 Å². The molecule has 4 rings (SSSR count). The number of fused-ring (bicyclic) bond motifs is 1. The Balaban J connectivity index is 1.47. The van der Waals surface area contributed by atoms with E-state index in [1.54, 1.807) is 6.92 Å². The Kier molecular flexibility index (Phi) is 4.46. The number of likely N-dealkylation sites (tertiary alicyclic amines) is 1. The highest BCUT2D eigenvalue weighted by Gasteiger charge is 2.35. The van der Waals surface area contributed by atoms with Crippen LogP contribution in [0.3, 0.4) is 0 Å². The lowest BCUT2D eigenvalue weighted by atomic mass is 9.89. The van der Waals surface area contributed by atoms with Gasteiger partial charge >= 0.3 is 0 Å². The van der Waals surface area contributed by atoms with Gasteiger partial charge in [0.15, 0.2) is 5.82 Å². The number of hydrogen-bond donors (Lipinski definition) is 1. The number of aromatic nitrogens is 3. The van der Waals surface area contributed by atoms with Gasteiger partial charge in [-0.2, -0.15) is 4.98 Å². The molecule has 0 bridgehead atoms. The van der Waals surface area contributed by atoms with Crippen LogP contribution in [0.4, 0.5) is 0 Å². The molecule has 1 atom stereocenters. The van der Waals surface area contributed by atoms with E-state index in [1.807, 2.05) is 13.0 Å². The van der Waals surface area contributed by atoms with Gasteiger partial charge in [-0.25, -0.2) is 0 Å². The maximum Gasteiger partial charge on any atom is 0.229 e. The first kappa shape index (κ1) is 17.1. The summed E-state index contributed by atoms with van der Waals surface area (Å²) in [5, 5.41) is 16.0. The van der Waals surface area contributed by atoms with Gasteiger partial charge in [-0.3, -0.25) is 9.88 Å². The van der Waals surface area contributed by atoms with Crippen LogP contribution < -0.4 is 0 Å². The molecular formula is C20H24N4O2. The Morgan fingerprint density at radius 2 is 2.08 bits per heavy atom. The first-order chi connectivity index (χ1) is 12.5. The fourth-order valence-electron chi connectivity index (χ4n) is 3.81. The number of rotatable bonds is 4. The van der Waals surface area contributed by atoms with E-state index in [-0.39, 0.29) is 0 Å². The topological polar surface area (TPSA) is 75.3 Å². The first-order valence-electron chi connectivity index (χ1n) is 9.09. The van der Waals surface area contributed by atoms with Gasteiger partial charge in [0.25, 0.3) is 0 Å². The summed E-state index contributed by atoms with van der Waals surface area (Å²) in [6.07, 6.45) is 2.12. The van der Waals surface area contributed by atoms with E-state index in [9.17, 15) is 5.11 Å². The first-order valence-corrected chi connectivity index (χ1v) is 9.09. The van der Waals surface area contributed by atoms with Crippen LogP contribution in [0.15, 0.2) is 34.9 Å². The highest BCUT2D eigenvalue weighted by atomic mass is 16.5. The van der Waals surface area contributed by atoms with Crippen LogP contribution in [-0.2, 0) is 13.0 Å². The summed E-state index contributed by atoms with van der Waals surface area (Å²) < 4.78 is 5.20. The predicted molar refractivity (Wildman–Crippen MR) is 98.7 cm³/mol. The van der Waals surface area contributed by atoms with Crippen molar-refractivity contribution in [3.63, 3.8) is 0 Å². The predicted octanol–water partition coefficient (Wildman–Crippen LogP) is 2.80. The SMILES string of the molecule is Cc1ccc2cc(CN3CCCC(O)(Cc4nc(C)no4)C3)ccc2n1. The summed E-state index contributed by atoms with van der Waals surface area (Å²) >= 11 is 0. The van der Waals surface area contributed by atoms with Gasteiger partial charge in [0.2, 0.25) is 5.89 Å². The summed E-state index contributed by atoms with van der Waals surface area (Å²) in [5.74, 6) is 1.12. The number of pyridine rings is 1. The van der Waals surface area contributed by atoms with Crippen LogP contribution >= 0.6 is 0 Å². The Hall–Kier alpha value is -2.31. The van der Waals surface area contributed by atoms with Crippen LogP contribution in [0.1, 0.15) is 35.8 Å². The maximum absolute atomic E-state index is 11.0. The molecule has 0 aliphatic carbocycles. The quantitative estimate of drug-likeness (QED) is 0.778. The van der Waals surface area contributed by atoms with Crippen molar-refractivity contribution >= 4 is 10.9 Å². The van der Waals surface area contributed by atoms with Gasteiger partial charge in [-0.15, -0.1) is 0 Å². The molecule has 3 aromatic rings. The average Bonchev–Trinajstić information content (AvgIpc) is 2.99. The van der Waals surface area contributed by atoms with Gasteiger partial charge in [-0.05, 0) is 57.0 Å². The zero-order chi connectivity index (χ0) is 18.1. The molecule has 1 fully saturated rings. The van der Waals surface area contributed by atoms with Crippen LogP contribution in [-0.4, -0.2) is 43.8 Å². The Labute approximate surface area is 152 Å². The van der Waals surface area contributed by atoms with Crippen LogP contribution in [0.2, 0.25) is 0 Å².